The van der Waals surface area contributed by atoms with Gasteiger partial charge in [0.2, 0.25) is 5.91 Å². The van der Waals surface area contributed by atoms with Gasteiger partial charge in [-0.05, 0) is 43.8 Å². The van der Waals surface area contributed by atoms with Crippen molar-refractivity contribution in [1.29, 1.82) is 0 Å². The number of carbonyl (C=O) groups is 1. The molecule has 24 heavy (non-hydrogen) atoms. The van der Waals surface area contributed by atoms with Crippen molar-refractivity contribution in [2.24, 2.45) is 0 Å². The first kappa shape index (κ1) is 18.8. The molecule has 0 saturated heterocycles. The van der Waals surface area contributed by atoms with E-state index < -0.39 is 11.1 Å². The van der Waals surface area contributed by atoms with E-state index in [-0.39, 0.29) is 10.9 Å². The summed E-state index contributed by atoms with van der Waals surface area (Å²) < 4.78 is 13.3. The van der Waals surface area contributed by atoms with Gasteiger partial charge >= 0.3 is 0 Å². The van der Waals surface area contributed by atoms with Gasteiger partial charge in [0.15, 0.2) is 0 Å². The smallest absolute Gasteiger partial charge is 0.237 e. The number of thioether (sulfide) groups is 1. The normalized spacial score (nSPS) is 12.0. The fraction of sp³-hybridized carbons (Fsp3) is 0.278. The summed E-state index contributed by atoms with van der Waals surface area (Å²) in [5, 5.41) is 5.64. The monoisotopic (exact) mass is 366 g/mol. The molecule has 0 aromatic heterocycles. The molecule has 0 fully saturated rings. The van der Waals surface area contributed by atoms with Gasteiger partial charge in [0.05, 0.1) is 5.02 Å². The number of amides is 1. The van der Waals surface area contributed by atoms with Crippen molar-refractivity contribution in [3.05, 3.63) is 64.9 Å². The largest absolute Gasteiger partial charge is 0.355 e. The van der Waals surface area contributed by atoms with Crippen LogP contribution >= 0.6 is 23.4 Å². The Morgan fingerprint density at radius 3 is 2.62 bits per heavy atom. The van der Waals surface area contributed by atoms with E-state index in [0.29, 0.717) is 6.54 Å². The molecule has 0 radical (unpaired) electrons. The van der Waals surface area contributed by atoms with E-state index in [0.717, 1.165) is 23.4 Å². The number of rotatable bonds is 8. The maximum absolute atomic E-state index is 13.3. The van der Waals surface area contributed by atoms with Crippen LogP contribution in [0.1, 0.15) is 17.2 Å². The summed E-state index contributed by atoms with van der Waals surface area (Å²) >= 11 is 7.20. The molecule has 1 atom stereocenters. The van der Waals surface area contributed by atoms with Gasteiger partial charge in [-0.1, -0.05) is 41.9 Å². The third kappa shape index (κ3) is 5.51. The summed E-state index contributed by atoms with van der Waals surface area (Å²) in [5.74, 6) is -0.531. The third-order valence-corrected chi connectivity index (χ3v) is 4.93. The first-order valence-corrected chi connectivity index (χ1v) is 8.96. The van der Waals surface area contributed by atoms with E-state index >= 15 is 0 Å². The standard InChI is InChI=1S/C18H20ClFN2OS/c1-21-10-5-11-22-18(23)17(13-6-3-2-4-7-13)24-14-8-9-16(20)15(19)12-14/h2-4,6-9,12,17,21H,5,10-11H2,1H3,(H,22,23). The van der Waals surface area contributed by atoms with Crippen LogP contribution in [0.5, 0.6) is 0 Å². The van der Waals surface area contributed by atoms with Gasteiger partial charge in [-0.15, -0.1) is 11.8 Å². The molecule has 0 aliphatic heterocycles. The van der Waals surface area contributed by atoms with Crippen LogP contribution in [0.25, 0.3) is 0 Å². The molecule has 2 aromatic carbocycles. The highest BCUT2D eigenvalue weighted by atomic mass is 35.5. The van der Waals surface area contributed by atoms with E-state index in [2.05, 4.69) is 10.6 Å². The van der Waals surface area contributed by atoms with E-state index in [4.69, 9.17) is 11.6 Å². The molecule has 0 aliphatic carbocycles. The molecule has 2 aromatic rings. The fourth-order valence-corrected chi connectivity index (χ4v) is 3.49. The molecule has 2 rings (SSSR count). The molecule has 3 nitrogen and oxygen atoms in total. The van der Waals surface area contributed by atoms with Crippen LogP contribution in [-0.4, -0.2) is 26.0 Å². The Morgan fingerprint density at radius 2 is 1.96 bits per heavy atom. The second kappa shape index (κ2) is 9.67. The highest BCUT2D eigenvalue weighted by Gasteiger charge is 2.22. The number of hydrogen-bond donors (Lipinski definition) is 2. The number of benzene rings is 2. The minimum atomic E-state index is -0.464. The summed E-state index contributed by atoms with van der Waals surface area (Å²) in [6.45, 7) is 1.45. The average Bonchev–Trinajstić information content (AvgIpc) is 2.60. The van der Waals surface area contributed by atoms with Crippen LogP contribution in [-0.2, 0) is 4.79 Å². The fourth-order valence-electron chi connectivity index (χ4n) is 2.16. The van der Waals surface area contributed by atoms with Gasteiger partial charge in [-0.2, -0.15) is 0 Å². The molecule has 1 unspecified atom stereocenters. The summed E-state index contributed by atoms with van der Waals surface area (Å²) in [5.41, 5.74) is 0.897. The summed E-state index contributed by atoms with van der Waals surface area (Å²) in [6, 6.07) is 14.0. The van der Waals surface area contributed by atoms with Crippen LogP contribution in [0.15, 0.2) is 53.4 Å². The van der Waals surface area contributed by atoms with Gasteiger partial charge < -0.3 is 10.6 Å². The Hall–Kier alpha value is -1.56. The minimum Gasteiger partial charge on any atom is -0.355 e. The van der Waals surface area contributed by atoms with E-state index in [1.807, 2.05) is 37.4 Å². The van der Waals surface area contributed by atoms with Crippen molar-refractivity contribution in [2.75, 3.05) is 20.1 Å². The lowest BCUT2D eigenvalue weighted by molar-refractivity contribution is -0.120. The number of halogens is 2. The van der Waals surface area contributed by atoms with Gasteiger partial charge in [0, 0.05) is 11.4 Å². The maximum atomic E-state index is 13.3. The lowest BCUT2D eigenvalue weighted by Gasteiger charge is -2.17. The zero-order valence-corrected chi connectivity index (χ0v) is 15.0. The molecular formula is C18H20ClFN2OS. The first-order valence-electron chi connectivity index (χ1n) is 7.71. The topological polar surface area (TPSA) is 41.1 Å². The van der Waals surface area contributed by atoms with Crippen molar-refractivity contribution < 1.29 is 9.18 Å². The molecule has 6 heteroatoms. The molecule has 2 N–H and O–H groups in total. The second-order valence-electron chi connectivity index (χ2n) is 5.23. The van der Waals surface area contributed by atoms with Crippen molar-refractivity contribution in [3.8, 4) is 0 Å². The molecule has 0 saturated carbocycles. The van der Waals surface area contributed by atoms with Crippen molar-refractivity contribution >= 4 is 29.3 Å². The summed E-state index contributed by atoms with van der Waals surface area (Å²) in [7, 11) is 1.88. The molecular weight excluding hydrogens is 347 g/mol. The Balaban J connectivity index is 2.13. The van der Waals surface area contributed by atoms with Crippen molar-refractivity contribution in [3.63, 3.8) is 0 Å². The van der Waals surface area contributed by atoms with E-state index in [1.165, 1.54) is 17.8 Å². The highest BCUT2D eigenvalue weighted by molar-refractivity contribution is 8.00. The van der Waals surface area contributed by atoms with Gasteiger partial charge in [0.25, 0.3) is 0 Å². The van der Waals surface area contributed by atoms with Crippen LogP contribution < -0.4 is 10.6 Å². The average molecular weight is 367 g/mol. The van der Waals surface area contributed by atoms with Crippen LogP contribution in [0.3, 0.4) is 0 Å². The quantitative estimate of drug-likeness (QED) is 0.547. The molecule has 0 spiro atoms. The SMILES string of the molecule is CNCCCNC(=O)C(Sc1ccc(F)c(Cl)c1)c1ccccc1. The van der Waals surface area contributed by atoms with Gasteiger partial charge in [-0.3, -0.25) is 4.79 Å². The minimum absolute atomic E-state index is 0.0567. The molecule has 128 valence electrons. The van der Waals surface area contributed by atoms with Gasteiger partial charge in [0.1, 0.15) is 11.1 Å². The Bertz CT molecular complexity index is 669. The van der Waals surface area contributed by atoms with Crippen LogP contribution in [0.4, 0.5) is 4.39 Å². The predicted octanol–water partition coefficient (Wildman–Crippen LogP) is 4.04. The Labute approximate surface area is 151 Å². The highest BCUT2D eigenvalue weighted by Crippen LogP contribution is 2.36. The maximum Gasteiger partial charge on any atom is 0.237 e. The van der Waals surface area contributed by atoms with E-state index in [9.17, 15) is 9.18 Å². The zero-order valence-electron chi connectivity index (χ0n) is 13.4. The molecule has 0 heterocycles. The van der Waals surface area contributed by atoms with Crippen molar-refractivity contribution in [1.82, 2.24) is 10.6 Å². The lowest BCUT2D eigenvalue weighted by atomic mass is 10.1. The molecule has 0 bridgehead atoms. The zero-order chi connectivity index (χ0) is 17.4. The van der Waals surface area contributed by atoms with Gasteiger partial charge in [-0.25, -0.2) is 4.39 Å². The Kier molecular flexibility index (Phi) is 7.56. The molecule has 1 amide bonds. The number of hydrogen-bond acceptors (Lipinski definition) is 3. The lowest BCUT2D eigenvalue weighted by Crippen LogP contribution is -2.30. The number of nitrogens with one attached hydrogen (secondary N) is 2. The summed E-state index contributed by atoms with van der Waals surface area (Å²) in [6.07, 6.45) is 0.858. The van der Waals surface area contributed by atoms with Crippen molar-refractivity contribution in [2.45, 2.75) is 16.6 Å². The summed E-state index contributed by atoms with van der Waals surface area (Å²) in [4.78, 5) is 13.4. The third-order valence-electron chi connectivity index (χ3n) is 3.39. The second-order valence-corrected chi connectivity index (χ2v) is 6.82. The Morgan fingerprint density at radius 1 is 1.21 bits per heavy atom. The first-order chi connectivity index (χ1) is 11.6. The number of carbonyl (C=O) groups excluding carboxylic acids is 1. The van der Waals surface area contributed by atoms with Crippen LogP contribution in [0.2, 0.25) is 5.02 Å². The van der Waals surface area contributed by atoms with Crippen LogP contribution in [0, 0.1) is 5.82 Å². The predicted molar refractivity (Wildman–Crippen MR) is 98.0 cm³/mol. The van der Waals surface area contributed by atoms with E-state index in [1.54, 1.807) is 12.1 Å². The molecule has 0 aliphatic rings.